The molecule has 5 heteroatoms. The van der Waals surface area contributed by atoms with Gasteiger partial charge in [0.1, 0.15) is 11.5 Å². The van der Waals surface area contributed by atoms with Crippen LogP contribution in [0.5, 0.6) is 0 Å². The molecule has 0 aromatic heterocycles. The van der Waals surface area contributed by atoms with E-state index < -0.39 is 11.7 Å². The molecule has 0 saturated carbocycles. The zero-order valence-electron chi connectivity index (χ0n) is 11.9. The van der Waals surface area contributed by atoms with Crippen LogP contribution in [0.2, 0.25) is 0 Å². The first-order chi connectivity index (χ1) is 8.09. The SMILES string of the molecule is CC(C)(CO)CC(C#[N+]C(=O)OC(C)(C)C)CO. The minimum atomic E-state index is -0.720. The van der Waals surface area contributed by atoms with Crippen molar-refractivity contribution in [1.82, 2.24) is 0 Å². The van der Waals surface area contributed by atoms with Crippen LogP contribution in [0.4, 0.5) is 4.79 Å². The Morgan fingerprint density at radius 3 is 2.22 bits per heavy atom. The van der Waals surface area contributed by atoms with Crippen LogP contribution in [-0.4, -0.2) is 35.1 Å². The van der Waals surface area contributed by atoms with E-state index in [9.17, 15) is 9.90 Å². The van der Waals surface area contributed by atoms with Crippen LogP contribution in [0.3, 0.4) is 0 Å². The summed E-state index contributed by atoms with van der Waals surface area (Å²) >= 11 is 0. The highest BCUT2D eigenvalue weighted by Crippen LogP contribution is 2.24. The summed E-state index contributed by atoms with van der Waals surface area (Å²) in [5.74, 6) is -0.389. The maximum absolute atomic E-state index is 11.3. The quantitative estimate of drug-likeness (QED) is 0.811. The molecule has 0 radical (unpaired) electrons. The van der Waals surface area contributed by atoms with Crippen molar-refractivity contribution in [3.8, 4) is 6.07 Å². The van der Waals surface area contributed by atoms with E-state index in [1.54, 1.807) is 20.8 Å². The minimum Gasteiger partial charge on any atom is -0.396 e. The number of rotatable bonds is 4. The molecular formula is C13H24NO4+. The largest absolute Gasteiger partial charge is 0.728 e. The molecule has 1 unspecified atom stereocenters. The van der Waals surface area contributed by atoms with Gasteiger partial charge in [0.15, 0.2) is 0 Å². The molecule has 0 saturated heterocycles. The Morgan fingerprint density at radius 1 is 1.28 bits per heavy atom. The molecule has 5 nitrogen and oxygen atoms in total. The summed E-state index contributed by atoms with van der Waals surface area (Å²) in [6.07, 6.45) is -0.227. The standard InChI is InChI=1S/C13H24NO4/c1-12(2,3)18-11(17)14-7-10(8-15)6-13(4,5)9-16/h10,15-16H,6,8-9H2,1-5H3/q+1. The average molecular weight is 258 g/mol. The van der Waals surface area contributed by atoms with Crippen LogP contribution in [0.1, 0.15) is 41.0 Å². The number of carbonyl (C=O) groups is 1. The molecule has 0 aliphatic rings. The zero-order valence-corrected chi connectivity index (χ0v) is 11.9. The Morgan fingerprint density at radius 2 is 1.83 bits per heavy atom. The van der Waals surface area contributed by atoms with E-state index in [0.717, 1.165) is 0 Å². The van der Waals surface area contributed by atoms with Gasteiger partial charge in [-0.05, 0) is 32.6 Å². The number of carbonyl (C=O) groups excluding carboxylic acids is 1. The summed E-state index contributed by atoms with van der Waals surface area (Å²) in [7, 11) is 0. The van der Waals surface area contributed by atoms with E-state index in [1.807, 2.05) is 13.8 Å². The van der Waals surface area contributed by atoms with Gasteiger partial charge in [-0.3, -0.25) is 0 Å². The lowest BCUT2D eigenvalue weighted by Gasteiger charge is -2.22. The third kappa shape index (κ3) is 8.04. The van der Waals surface area contributed by atoms with Gasteiger partial charge in [0, 0.05) is 6.61 Å². The van der Waals surface area contributed by atoms with Crippen molar-refractivity contribution in [2.24, 2.45) is 11.3 Å². The van der Waals surface area contributed by atoms with Crippen molar-refractivity contribution >= 4 is 6.09 Å². The third-order valence-electron chi connectivity index (χ3n) is 2.18. The monoisotopic (exact) mass is 258 g/mol. The topological polar surface area (TPSA) is 71.1 Å². The van der Waals surface area contributed by atoms with Gasteiger partial charge < -0.3 is 14.9 Å². The highest BCUT2D eigenvalue weighted by molar-refractivity contribution is 5.79. The van der Waals surface area contributed by atoms with Gasteiger partial charge in [-0.15, -0.1) is 0 Å². The Kier molecular flexibility index (Phi) is 6.30. The van der Waals surface area contributed by atoms with Crippen LogP contribution in [0.15, 0.2) is 0 Å². The van der Waals surface area contributed by atoms with Crippen LogP contribution in [-0.2, 0) is 4.74 Å². The second-order valence-corrected chi connectivity index (χ2v) is 6.13. The van der Waals surface area contributed by atoms with Crippen molar-refractivity contribution < 1.29 is 19.7 Å². The van der Waals surface area contributed by atoms with Crippen molar-refractivity contribution in [1.29, 1.82) is 0 Å². The number of ether oxygens (including phenoxy) is 1. The van der Waals surface area contributed by atoms with Crippen LogP contribution < -0.4 is 0 Å². The number of hydrogen-bond donors (Lipinski definition) is 2. The van der Waals surface area contributed by atoms with Gasteiger partial charge in [-0.2, -0.15) is 4.79 Å². The predicted octanol–water partition coefficient (Wildman–Crippen LogP) is 2.27. The zero-order chi connectivity index (χ0) is 14.4. The van der Waals surface area contributed by atoms with Gasteiger partial charge in [-0.1, -0.05) is 13.8 Å². The first-order valence-corrected chi connectivity index (χ1v) is 6.00. The number of amides is 1. The number of nitrogens with zero attached hydrogens (tertiary/aromatic N) is 1. The molecule has 0 heterocycles. The number of aliphatic hydroxyl groups excluding tert-OH is 2. The first kappa shape index (κ1) is 16.9. The molecule has 0 aliphatic carbocycles. The van der Waals surface area contributed by atoms with Gasteiger partial charge in [-0.25, -0.2) is 0 Å². The molecule has 18 heavy (non-hydrogen) atoms. The van der Waals surface area contributed by atoms with Gasteiger partial charge in [0.25, 0.3) is 6.07 Å². The lowest BCUT2D eigenvalue weighted by Crippen LogP contribution is -2.23. The lowest BCUT2D eigenvalue weighted by atomic mass is 9.84. The fourth-order valence-corrected chi connectivity index (χ4v) is 1.31. The number of aliphatic hydroxyl groups is 2. The molecule has 0 fully saturated rings. The first-order valence-electron chi connectivity index (χ1n) is 6.00. The van der Waals surface area contributed by atoms with E-state index in [1.165, 1.54) is 0 Å². The van der Waals surface area contributed by atoms with Crippen LogP contribution >= 0.6 is 0 Å². The van der Waals surface area contributed by atoms with Crippen molar-refractivity contribution in [2.45, 2.75) is 46.6 Å². The maximum atomic E-state index is 11.3. The molecular weight excluding hydrogens is 234 g/mol. The second kappa shape index (κ2) is 6.72. The summed E-state index contributed by atoms with van der Waals surface area (Å²) in [5, 5.41) is 18.3. The molecule has 0 aromatic rings. The van der Waals surface area contributed by atoms with Crippen molar-refractivity contribution in [2.75, 3.05) is 13.2 Å². The summed E-state index contributed by atoms with van der Waals surface area (Å²) in [6.45, 7) is 8.80. The second-order valence-electron chi connectivity index (χ2n) is 6.13. The molecule has 0 aliphatic heterocycles. The van der Waals surface area contributed by atoms with Crippen molar-refractivity contribution in [3.63, 3.8) is 0 Å². The Hall–Kier alpha value is -1.12. The summed E-state index contributed by atoms with van der Waals surface area (Å²) in [6, 6.07) is 2.57. The molecule has 0 rings (SSSR count). The minimum absolute atomic E-state index is 0.00236. The fourth-order valence-electron chi connectivity index (χ4n) is 1.31. The van der Waals surface area contributed by atoms with E-state index in [-0.39, 0.29) is 24.5 Å². The maximum Gasteiger partial charge on any atom is 0.728 e. The van der Waals surface area contributed by atoms with E-state index in [4.69, 9.17) is 9.84 Å². The van der Waals surface area contributed by atoms with E-state index in [0.29, 0.717) is 6.42 Å². The molecule has 1 amide bonds. The highest BCUT2D eigenvalue weighted by Gasteiger charge is 2.27. The molecule has 2 N–H and O–H groups in total. The average Bonchev–Trinajstić information content (AvgIpc) is 2.21. The Bertz CT molecular complexity index is 333. The summed E-state index contributed by atoms with van der Waals surface area (Å²) in [4.78, 5) is 14.9. The summed E-state index contributed by atoms with van der Waals surface area (Å²) < 4.78 is 4.99. The Labute approximate surface area is 109 Å². The molecule has 0 bridgehead atoms. The third-order valence-corrected chi connectivity index (χ3v) is 2.18. The molecule has 0 spiro atoms. The van der Waals surface area contributed by atoms with Gasteiger partial charge in [0.2, 0.25) is 0 Å². The molecule has 104 valence electrons. The molecule has 1 atom stereocenters. The van der Waals surface area contributed by atoms with Crippen LogP contribution in [0.25, 0.3) is 4.85 Å². The lowest BCUT2D eigenvalue weighted by molar-refractivity contribution is 0.0663. The Balaban J connectivity index is 4.51. The van der Waals surface area contributed by atoms with Crippen LogP contribution in [0, 0.1) is 17.4 Å². The smallest absolute Gasteiger partial charge is 0.396 e. The number of hydrogen-bond acceptors (Lipinski definition) is 4. The fraction of sp³-hybridized carbons (Fsp3) is 0.846. The van der Waals surface area contributed by atoms with Gasteiger partial charge >= 0.3 is 6.09 Å². The van der Waals surface area contributed by atoms with E-state index in [2.05, 4.69) is 10.9 Å². The van der Waals surface area contributed by atoms with E-state index >= 15 is 0 Å². The highest BCUT2D eigenvalue weighted by atomic mass is 16.6. The van der Waals surface area contributed by atoms with Gasteiger partial charge in [0.05, 0.1) is 11.5 Å². The summed E-state index contributed by atoms with van der Waals surface area (Å²) in [5.41, 5.74) is -0.939. The predicted molar refractivity (Wildman–Crippen MR) is 69.5 cm³/mol. The molecule has 0 aromatic carbocycles. The normalized spacial score (nSPS) is 13.5. The van der Waals surface area contributed by atoms with Crippen molar-refractivity contribution in [3.05, 3.63) is 4.85 Å².